The maximum atomic E-state index is 13.5. The van der Waals surface area contributed by atoms with Gasteiger partial charge in [-0.3, -0.25) is 14.5 Å². The lowest BCUT2D eigenvalue weighted by Crippen LogP contribution is -2.51. The zero-order valence-electron chi connectivity index (χ0n) is 18.9. The van der Waals surface area contributed by atoms with E-state index in [1.165, 1.54) is 23.0 Å². The lowest BCUT2D eigenvalue weighted by atomic mass is 10.2. The van der Waals surface area contributed by atoms with E-state index in [0.29, 0.717) is 50.1 Å². The van der Waals surface area contributed by atoms with Crippen LogP contribution >= 0.6 is 0 Å². The summed E-state index contributed by atoms with van der Waals surface area (Å²) in [4.78, 5) is 29.2. The van der Waals surface area contributed by atoms with Crippen molar-refractivity contribution in [2.45, 2.75) is 25.1 Å². The molecule has 1 saturated carbocycles. The summed E-state index contributed by atoms with van der Waals surface area (Å²) < 4.78 is 42.9. The van der Waals surface area contributed by atoms with Crippen molar-refractivity contribution in [3.63, 3.8) is 0 Å². The van der Waals surface area contributed by atoms with Crippen molar-refractivity contribution in [2.75, 3.05) is 32.7 Å². The van der Waals surface area contributed by atoms with Crippen LogP contribution in [0.3, 0.4) is 0 Å². The quantitative estimate of drug-likeness (QED) is 0.582. The van der Waals surface area contributed by atoms with Crippen molar-refractivity contribution in [3.05, 3.63) is 66.1 Å². The Hall–Kier alpha value is -3.60. The third-order valence-corrected chi connectivity index (χ3v) is 6.21. The van der Waals surface area contributed by atoms with Crippen LogP contribution < -0.4 is 5.32 Å². The van der Waals surface area contributed by atoms with Gasteiger partial charge in [0, 0.05) is 44.6 Å². The zero-order valence-corrected chi connectivity index (χ0v) is 18.9. The lowest BCUT2D eigenvalue weighted by Gasteiger charge is -2.34. The first kappa shape index (κ1) is 23.2. The Kier molecular flexibility index (Phi) is 6.10. The van der Waals surface area contributed by atoms with E-state index in [1.54, 1.807) is 34.0 Å². The molecular weight excluding hydrogens is 461 g/mol. The number of hydrogen-bond acceptors (Lipinski definition) is 4. The van der Waals surface area contributed by atoms with Gasteiger partial charge in [0.25, 0.3) is 5.91 Å². The Morgan fingerprint density at radius 1 is 1.03 bits per heavy atom. The number of rotatable bonds is 6. The minimum absolute atomic E-state index is 0.00420. The summed E-state index contributed by atoms with van der Waals surface area (Å²) in [6, 6.07) is 8.70. The zero-order chi connectivity index (χ0) is 24.6. The lowest BCUT2D eigenvalue weighted by molar-refractivity contribution is -0.137. The second-order valence-corrected chi connectivity index (χ2v) is 8.84. The van der Waals surface area contributed by atoms with Crippen LogP contribution in [-0.2, 0) is 11.0 Å². The highest BCUT2D eigenvalue weighted by molar-refractivity contribution is 5.97. The fourth-order valence-electron chi connectivity index (χ4n) is 4.20. The topological polar surface area (TPSA) is 75.4 Å². The minimum atomic E-state index is -4.50. The number of hydrogen-bond donors (Lipinski definition) is 1. The summed E-state index contributed by atoms with van der Waals surface area (Å²) in [5, 5.41) is 7.26. The molecule has 0 spiro atoms. The number of aromatic nitrogens is 3. The summed E-state index contributed by atoms with van der Waals surface area (Å²) >= 11 is 0. The monoisotopic (exact) mass is 486 g/mol. The van der Waals surface area contributed by atoms with Crippen LogP contribution in [0.2, 0.25) is 0 Å². The highest BCUT2D eigenvalue weighted by Gasteiger charge is 2.32. The SMILES string of the molecule is O=C(CN1CCN(C(=O)c2cnn(-c3cccc(C(F)(F)F)c3)c2-n2cccc2)CC1)NC1CC1. The summed E-state index contributed by atoms with van der Waals surface area (Å²) in [5.41, 5.74) is -0.300. The fourth-order valence-corrected chi connectivity index (χ4v) is 4.20. The summed E-state index contributed by atoms with van der Waals surface area (Å²) in [6.07, 6.45) is 2.40. The van der Waals surface area contributed by atoms with E-state index in [2.05, 4.69) is 10.4 Å². The Balaban J connectivity index is 1.36. The summed E-state index contributed by atoms with van der Waals surface area (Å²) in [5.74, 6) is 0.115. The molecule has 2 fully saturated rings. The fraction of sp³-hybridized carbons (Fsp3) is 0.375. The first-order valence-electron chi connectivity index (χ1n) is 11.5. The predicted molar refractivity (Wildman–Crippen MR) is 121 cm³/mol. The van der Waals surface area contributed by atoms with Gasteiger partial charge < -0.3 is 14.8 Å². The van der Waals surface area contributed by atoms with Gasteiger partial charge in [-0.1, -0.05) is 6.07 Å². The highest BCUT2D eigenvalue weighted by atomic mass is 19.4. The van der Waals surface area contributed by atoms with Gasteiger partial charge >= 0.3 is 6.18 Å². The number of amides is 2. The minimum Gasteiger partial charge on any atom is -0.352 e. The Bertz CT molecular complexity index is 1210. The molecule has 2 aliphatic rings. The van der Waals surface area contributed by atoms with Crippen molar-refractivity contribution < 1.29 is 22.8 Å². The second-order valence-electron chi connectivity index (χ2n) is 8.84. The van der Waals surface area contributed by atoms with Gasteiger partial charge in [-0.2, -0.15) is 18.3 Å². The number of halogens is 3. The van der Waals surface area contributed by atoms with Crippen molar-refractivity contribution in [3.8, 4) is 11.5 Å². The third kappa shape index (κ3) is 5.09. The van der Waals surface area contributed by atoms with Gasteiger partial charge in [-0.15, -0.1) is 0 Å². The number of piperazine rings is 1. The average molecular weight is 486 g/mol. The van der Waals surface area contributed by atoms with Gasteiger partial charge in [-0.05, 0) is 43.2 Å². The molecule has 1 aliphatic heterocycles. The standard InChI is InChI=1S/C24H25F3N6O2/c25-24(26,27)17-4-3-5-19(14-17)33-22(31-8-1-2-9-31)20(15-28-33)23(35)32-12-10-30(11-13-32)16-21(34)29-18-6-7-18/h1-5,8-9,14-15,18H,6-7,10-13,16H2,(H,29,34). The Morgan fingerprint density at radius 3 is 2.40 bits per heavy atom. The number of nitrogens with one attached hydrogen (secondary N) is 1. The molecule has 11 heteroatoms. The van der Waals surface area contributed by atoms with E-state index in [9.17, 15) is 22.8 Å². The number of carbonyl (C=O) groups excluding carboxylic acids is 2. The van der Waals surface area contributed by atoms with Gasteiger partial charge in [-0.25, -0.2) is 4.68 Å². The molecule has 1 aliphatic carbocycles. The van der Waals surface area contributed by atoms with E-state index in [0.717, 1.165) is 25.0 Å². The van der Waals surface area contributed by atoms with Crippen LogP contribution in [0.4, 0.5) is 13.2 Å². The highest BCUT2D eigenvalue weighted by Crippen LogP contribution is 2.31. The van der Waals surface area contributed by atoms with Crippen LogP contribution in [0.1, 0.15) is 28.8 Å². The molecule has 2 aromatic heterocycles. The molecule has 0 radical (unpaired) electrons. The van der Waals surface area contributed by atoms with E-state index >= 15 is 0 Å². The van der Waals surface area contributed by atoms with Crippen LogP contribution in [0, 0.1) is 0 Å². The van der Waals surface area contributed by atoms with E-state index in [1.807, 2.05) is 4.90 Å². The van der Waals surface area contributed by atoms with Crippen LogP contribution in [0.15, 0.2) is 55.0 Å². The Labute approximate surface area is 199 Å². The molecule has 3 aromatic rings. The molecule has 3 heterocycles. The van der Waals surface area contributed by atoms with Gasteiger partial charge in [0.05, 0.1) is 24.0 Å². The van der Waals surface area contributed by atoms with Crippen molar-refractivity contribution in [1.29, 1.82) is 0 Å². The molecule has 35 heavy (non-hydrogen) atoms. The summed E-state index contributed by atoms with van der Waals surface area (Å²) in [6.45, 7) is 2.31. The van der Waals surface area contributed by atoms with Crippen molar-refractivity contribution in [1.82, 2.24) is 29.5 Å². The molecule has 0 atom stereocenters. The molecular formula is C24H25F3N6O2. The molecule has 8 nitrogen and oxygen atoms in total. The maximum absolute atomic E-state index is 13.5. The van der Waals surface area contributed by atoms with Gasteiger partial charge in [0.15, 0.2) is 5.82 Å². The average Bonchev–Trinajstić information content (AvgIpc) is 3.31. The van der Waals surface area contributed by atoms with Gasteiger partial charge in [0.1, 0.15) is 5.56 Å². The Morgan fingerprint density at radius 2 is 1.74 bits per heavy atom. The molecule has 1 aromatic carbocycles. The molecule has 0 unspecified atom stereocenters. The molecule has 184 valence electrons. The molecule has 0 bridgehead atoms. The largest absolute Gasteiger partial charge is 0.416 e. The third-order valence-electron chi connectivity index (χ3n) is 6.21. The smallest absolute Gasteiger partial charge is 0.352 e. The normalized spacial score (nSPS) is 16.9. The van der Waals surface area contributed by atoms with Crippen LogP contribution in [0.5, 0.6) is 0 Å². The van der Waals surface area contributed by atoms with E-state index < -0.39 is 11.7 Å². The number of benzene rings is 1. The van der Waals surface area contributed by atoms with Crippen LogP contribution in [-0.4, -0.2) is 74.7 Å². The van der Waals surface area contributed by atoms with E-state index in [4.69, 9.17) is 0 Å². The van der Waals surface area contributed by atoms with Crippen molar-refractivity contribution >= 4 is 11.8 Å². The summed E-state index contributed by atoms with van der Waals surface area (Å²) in [7, 11) is 0. The number of alkyl halides is 3. The molecule has 1 saturated heterocycles. The van der Waals surface area contributed by atoms with Gasteiger partial charge in [0.2, 0.25) is 5.91 Å². The number of nitrogens with zero attached hydrogens (tertiary/aromatic N) is 5. The first-order chi connectivity index (χ1) is 16.8. The first-order valence-corrected chi connectivity index (χ1v) is 11.5. The molecule has 5 rings (SSSR count). The maximum Gasteiger partial charge on any atom is 0.416 e. The number of carbonyl (C=O) groups is 2. The molecule has 1 N–H and O–H groups in total. The van der Waals surface area contributed by atoms with Crippen molar-refractivity contribution in [2.24, 2.45) is 0 Å². The van der Waals surface area contributed by atoms with E-state index in [-0.39, 0.29) is 17.5 Å². The predicted octanol–water partition coefficient (Wildman–Crippen LogP) is 2.72. The van der Waals surface area contributed by atoms with Crippen LogP contribution in [0.25, 0.3) is 11.5 Å². The molecule has 2 amide bonds. The second kappa shape index (κ2) is 9.21.